The maximum absolute atomic E-state index is 11.6. The molecule has 2 bridgehead atoms. The Balaban J connectivity index is 1.49. The van der Waals surface area contributed by atoms with Gasteiger partial charge in [-0.05, 0) is 57.1 Å². The average Bonchev–Trinajstić information content (AvgIpc) is 3.23. The molecule has 0 amide bonds. The first-order valence-corrected chi connectivity index (χ1v) is 12.5. The van der Waals surface area contributed by atoms with Gasteiger partial charge >= 0.3 is 0 Å². The van der Waals surface area contributed by atoms with Crippen LogP contribution in [0.1, 0.15) is 64.7 Å². The second-order valence-corrected chi connectivity index (χ2v) is 12.4. The fraction of sp³-hybridized carbons (Fsp3) is 0.704. The van der Waals surface area contributed by atoms with E-state index in [-0.39, 0.29) is 29.3 Å². The molecule has 1 saturated heterocycles. The standard InChI is InChI=1S/C27H36O7/c1-13-15-6-7-16-22(31)26(15,12-25(16,4)32)11-21-27(17(13)10-20(30)24(27,2)3)34-23(33-21)14-5-8-18(28)19(29)9-14/h5,8-9,15-17,20-23,28-32H,1,6-7,10-12H2,2-4H3. The zero-order chi connectivity index (χ0) is 24.4. The third-order valence-electron chi connectivity index (χ3n) is 10.5. The van der Waals surface area contributed by atoms with Crippen molar-refractivity contribution in [2.75, 3.05) is 0 Å². The average molecular weight is 473 g/mol. The summed E-state index contributed by atoms with van der Waals surface area (Å²) < 4.78 is 13.4. The number of fused-ring (bicyclic) bond motifs is 1. The Labute approximate surface area is 200 Å². The van der Waals surface area contributed by atoms with Crippen LogP contribution in [0, 0.1) is 28.6 Å². The Bertz CT molecular complexity index is 1050. The summed E-state index contributed by atoms with van der Waals surface area (Å²) in [6.07, 6.45) is 0.536. The van der Waals surface area contributed by atoms with Crippen LogP contribution in [0.5, 0.6) is 11.5 Å². The summed E-state index contributed by atoms with van der Waals surface area (Å²) in [5, 5.41) is 53.9. The van der Waals surface area contributed by atoms with E-state index in [0.29, 0.717) is 24.8 Å². The summed E-state index contributed by atoms with van der Waals surface area (Å²) in [5.74, 6) is -0.807. The number of hydrogen-bond acceptors (Lipinski definition) is 7. The van der Waals surface area contributed by atoms with Gasteiger partial charge in [0.2, 0.25) is 0 Å². The second-order valence-electron chi connectivity index (χ2n) is 12.4. The highest BCUT2D eigenvalue weighted by atomic mass is 16.7. The van der Waals surface area contributed by atoms with E-state index in [1.165, 1.54) is 12.1 Å². The number of aromatic hydroxyl groups is 2. The number of ether oxygens (including phenoxy) is 2. The molecule has 1 aliphatic heterocycles. The lowest BCUT2D eigenvalue weighted by molar-refractivity contribution is -0.149. The number of phenols is 2. The third-order valence-corrected chi connectivity index (χ3v) is 10.5. The lowest BCUT2D eigenvalue weighted by atomic mass is 9.61. The normalized spacial score (nSPS) is 51.0. The van der Waals surface area contributed by atoms with E-state index in [1.807, 2.05) is 20.8 Å². The van der Waals surface area contributed by atoms with Crippen molar-refractivity contribution < 1.29 is 35.0 Å². The minimum atomic E-state index is -0.961. The molecule has 7 heteroatoms. The SMILES string of the molecule is C=C1C2CCC3C(O)C2(CC2OC(c4ccc(O)c(O)c4)OC24C1CC(O)C4(C)C)CC3(C)O. The van der Waals surface area contributed by atoms with Crippen molar-refractivity contribution in [1.29, 1.82) is 0 Å². The predicted octanol–water partition coefficient (Wildman–Crippen LogP) is 3.15. The quantitative estimate of drug-likeness (QED) is 0.315. The van der Waals surface area contributed by atoms with Crippen molar-refractivity contribution in [3.8, 4) is 11.5 Å². The minimum Gasteiger partial charge on any atom is -0.504 e. The van der Waals surface area contributed by atoms with Gasteiger partial charge in [0.1, 0.15) is 5.60 Å². The van der Waals surface area contributed by atoms with Crippen molar-refractivity contribution >= 4 is 0 Å². The van der Waals surface area contributed by atoms with Gasteiger partial charge in [0, 0.05) is 28.2 Å². The number of phenolic OH excluding ortho intramolecular Hbond substituents is 2. The lowest BCUT2D eigenvalue weighted by Gasteiger charge is -2.46. The molecule has 10 unspecified atom stereocenters. The van der Waals surface area contributed by atoms with Crippen molar-refractivity contribution in [2.45, 2.75) is 88.7 Å². The summed E-state index contributed by atoms with van der Waals surface area (Å²) in [6.45, 7) is 10.4. The molecule has 186 valence electrons. The highest BCUT2D eigenvalue weighted by molar-refractivity contribution is 5.42. The first-order chi connectivity index (χ1) is 15.8. The second kappa shape index (κ2) is 6.77. The van der Waals surface area contributed by atoms with Crippen LogP contribution in [0.15, 0.2) is 30.4 Å². The fourth-order valence-corrected chi connectivity index (χ4v) is 8.82. The Kier molecular flexibility index (Phi) is 4.54. The highest BCUT2D eigenvalue weighted by Gasteiger charge is 2.75. The molecule has 5 aliphatic rings. The molecule has 4 aliphatic carbocycles. The summed E-state index contributed by atoms with van der Waals surface area (Å²) in [6, 6.07) is 4.51. The van der Waals surface area contributed by atoms with Crippen molar-refractivity contribution in [3.63, 3.8) is 0 Å². The summed E-state index contributed by atoms with van der Waals surface area (Å²) >= 11 is 0. The molecule has 1 heterocycles. The van der Waals surface area contributed by atoms with Gasteiger partial charge < -0.3 is 35.0 Å². The molecule has 6 rings (SSSR count). The summed E-state index contributed by atoms with van der Waals surface area (Å²) in [4.78, 5) is 0. The zero-order valence-corrected chi connectivity index (χ0v) is 20.1. The van der Waals surface area contributed by atoms with Gasteiger partial charge in [0.05, 0.1) is 23.9 Å². The van der Waals surface area contributed by atoms with Crippen LogP contribution in [-0.2, 0) is 9.47 Å². The predicted molar refractivity (Wildman–Crippen MR) is 123 cm³/mol. The van der Waals surface area contributed by atoms with Crippen LogP contribution in [0.2, 0.25) is 0 Å². The van der Waals surface area contributed by atoms with Crippen LogP contribution in [-0.4, -0.2) is 55.0 Å². The lowest BCUT2D eigenvalue weighted by Crippen LogP contribution is -2.55. The number of benzene rings is 1. The van der Waals surface area contributed by atoms with E-state index in [9.17, 15) is 25.5 Å². The van der Waals surface area contributed by atoms with E-state index in [2.05, 4.69) is 6.58 Å². The first-order valence-electron chi connectivity index (χ1n) is 12.5. The van der Waals surface area contributed by atoms with Gasteiger partial charge in [-0.3, -0.25) is 0 Å². The maximum Gasteiger partial charge on any atom is 0.185 e. The molecular formula is C27H36O7. The third kappa shape index (κ3) is 2.55. The smallest absolute Gasteiger partial charge is 0.185 e. The van der Waals surface area contributed by atoms with Crippen molar-refractivity contribution in [2.24, 2.45) is 28.6 Å². The van der Waals surface area contributed by atoms with E-state index in [1.54, 1.807) is 6.07 Å². The molecule has 7 nitrogen and oxygen atoms in total. The van der Waals surface area contributed by atoms with Gasteiger partial charge in [-0.1, -0.05) is 32.1 Å². The molecule has 4 saturated carbocycles. The zero-order valence-electron chi connectivity index (χ0n) is 20.1. The molecule has 0 aromatic heterocycles. The molecule has 10 atom stereocenters. The van der Waals surface area contributed by atoms with Gasteiger partial charge in [-0.2, -0.15) is 0 Å². The van der Waals surface area contributed by atoms with Crippen molar-refractivity contribution in [3.05, 3.63) is 35.9 Å². The number of rotatable bonds is 1. The number of aliphatic hydroxyl groups excluding tert-OH is 2. The summed E-state index contributed by atoms with van der Waals surface area (Å²) in [5.41, 5.74) is -1.50. The topological polar surface area (TPSA) is 120 Å². The van der Waals surface area contributed by atoms with E-state index >= 15 is 0 Å². The Morgan fingerprint density at radius 3 is 2.47 bits per heavy atom. The van der Waals surface area contributed by atoms with E-state index in [4.69, 9.17) is 9.47 Å². The largest absolute Gasteiger partial charge is 0.504 e. The molecular weight excluding hydrogens is 436 g/mol. The van der Waals surface area contributed by atoms with E-state index < -0.39 is 46.6 Å². The Hall–Kier alpha value is -1.64. The summed E-state index contributed by atoms with van der Waals surface area (Å²) in [7, 11) is 0. The van der Waals surface area contributed by atoms with Crippen LogP contribution >= 0.6 is 0 Å². The van der Waals surface area contributed by atoms with Crippen LogP contribution in [0.25, 0.3) is 0 Å². The number of aliphatic hydroxyl groups is 3. The van der Waals surface area contributed by atoms with Crippen LogP contribution in [0.3, 0.4) is 0 Å². The molecule has 2 spiro atoms. The van der Waals surface area contributed by atoms with Crippen LogP contribution in [0.4, 0.5) is 0 Å². The molecule has 5 N–H and O–H groups in total. The maximum atomic E-state index is 11.6. The van der Waals surface area contributed by atoms with Gasteiger partial charge in [-0.25, -0.2) is 0 Å². The van der Waals surface area contributed by atoms with Gasteiger partial charge in [0.15, 0.2) is 17.8 Å². The highest BCUT2D eigenvalue weighted by Crippen LogP contribution is 2.71. The first kappa shape index (κ1) is 22.8. The molecule has 34 heavy (non-hydrogen) atoms. The fourth-order valence-electron chi connectivity index (χ4n) is 8.82. The van der Waals surface area contributed by atoms with Gasteiger partial charge in [0.25, 0.3) is 0 Å². The Morgan fingerprint density at radius 2 is 1.76 bits per heavy atom. The minimum absolute atomic E-state index is 0.0182. The molecule has 1 aromatic carbocycles. The molecule has 0 radical (unpaired) electrons. The molecule has 5 fully saturated rings. The number of hydrogen-bond donors (Lipinski definition) is 5. The molecule has 1 aromatic rings. The van der Waals surface area contributed by atoms with Crippen molar-refractivity contribution in [1.82, 2.24) is 0 Å². The van der Waals surface area contributed by atoms with Crippen LogP contribution < -0.4 is 0 Å². The van der Waals surface area contributed by atoms with E-state index in [0.717, 1.165) is 18.4 Å². The monoisotopic (exact) mass is 472 g/mol. The van der Waals surface area contributed by atoms with Gasteiger partial charge in [-0.15, -0.1) is 0 Å². The Morgan fingerprint density at radius 1 is 1.03 bits per heavy atom.